The van der Waals surface area contributed by atoms with Crippen molar-refractivity contribution in [2.45, 2.75) is 5.79 Å². The van der Waals surface area contributed by atoms with E-state index in [2.05, 4.69) is 5.32 Å². The third kappa shape index (κ3) is 0.637. The van der Waals surface area contributed by atoms with Gasteiger partial charge in [-0.1, -0.05) is 18.2 Å². The van der Waals surface area contributed by atoms with Crippen LogP contribution in [-0.2, 0) is 5.79 Å². The smallest absolute Gasteiger partial charge is 0.295 e. The molecule has 2 nitrogen and oxygen atoms in total. The molecule has 0 spiro atoms. The van der Waals surface area contributed by atoms with Gasteiger partial charge < -0.3 is 5.32 Å². The number of hydrogen-bond acceptors (Lipinski definition) is 2. The molecule has 1 aliphatic heterocycles. The van der Waals surface area contributed by atoms with Crippen LogP contribution in [0.1, 0.15) is 5.56 Å². The molecule has 0 bridgehead atoms. The van der Waals surface area contributed by atoms with Gasteiger partial charge in [-0.2, -0.15) is 9.65 Å². The van der Waals surface area contributed by atoms with Crippen LogP contribution in [0.4, 0.5) is 10.1 Å². The summed E-state index contributed by atoms with van der Waals surface area (Å²) < 4.78 is 13.2. The minimum absolute atomic E-state index is 0.433. The molecule has 0 amide bonds. The SMILES string of the molecule is N#CC1(F)Nc2ccccc21. The van der Waals surface area contributed by atoms with Crippen LogP contribution in [-0.4, -0.2) is 0 Å². The van der Waals surface area contributed by atoms with Crippen molar-refractivity contribution in [3.8, 4) is 6.07 Å². The summed E-state index contributed by atoms with van der Waals surface area (Å²) >= 11 is 0. The number of anilines is 1. The molecule has 2 rings (SSSR count). The predicted molar refractivity (Wildman–Crippen MR) is 38.5 cm³/mol. The normalized spacial score (nSPS) is 25.8. The van der Waals surface area contributed by atoms with E-state index in [1.807, 2.05) is 0 Å². The minimum Gasteiger partial charge on any atom is -0.337 e. The van der Waals surface area contributed by atoms with Gasteiger partial charge >= 0.3 is 0 Å². The number of nitrogens with one attached hydrogen (secondary N) is 1. The van der Waals surface area contributed by atoms with Gasteiger partial charge in [-0.3, -0.25) is 0 Å². The van der Waals surface area contributed by atoms with Gasteiger partial charge in [0, 0.05) is 11.3 Å². The highest BCUT2D eigenvalue weighted by Crippen LogP contribution is 2.41. The largest absolute Gasteiger partial charge is 0.337 e. The molecule has 0 radical (unpaired) electrons. The van der Waals surface area contributed by atoms with E-state index in [-0.39, 0.29) is 0 Å². The lowest BCUT2D eigenvalue weighted by molar-refractivity contribution is 0.265. The summed E-state index contributed by atoms with van der Waals surface area (Å²) in [6.07, 6.45) is 0. The number of hydrogen-bond donors (Lipinski definition) is 1. The summed E-state index contributed by atoms with van der Waals surface area (Å²) in [5, 5.41) is 10.8. The van der Waals surface area contributed by atoms with Crippen LogP contribution >= 0.6 is 0 Å². The van der Waals surface area contributed by atoms with Gasteiger partial charge in [0.1, 0.15) is 6.07 Å². The van der Waals surface area contributed by atoms with E-state index >= 15 is 0 Å². The zero-order valence-corrected chi connectivity index (χ0v) is 5.63. The Morgan fingerprint density at radius 2 is 2.18 bits per heavy atom. The molecule has 54 valence electrons. The molecule has 0 aromatic heterocycles. The average Bonchev–Trinajstić information content (AvgIpc) is 2.02. The zero-order chi connectivity index (χ0) is 7.90. The highest BCUT2D eigenvalue weighted by molar-refractivity contribution is 5.67. The molecule has 11 heavy (non-hydrogen) atoms. The van der Waals surface area contributed by atoms with Crippen LogP contribution in [0.5, 0.6) is 0 Å². The lowest BCUT2D eigenvalue weighted by atomic mass is 9.95. The zero-order valence-electron chi connectivity index (χ0n) is 5.63. The molecule has 0 saturated carbocycles. The van der Waals surface area contributed by atoms with E-state index in [4.69, 9.17) is 5.26 Å². The Balaban J connectivity index is 2.53. The number of benzene rings is 1. The monoisotopic (exact) mass is 148 g/mol. The molecule has 1 aromatic carbocycles. The fourth-order valence-electron chi connectivity index (χ4n) is 1.17. The van der Waals surface area contributed by atoms with Crippen molar-refractivity contribution >= 4 is 5.69 Å². The number of nitriles is 1. The molecule has 0 saturated heterocycles. The number of para-hydroxylation sites is 1. The number of alkyl halides is 1. The lowest BCUT2D eigenvalue weighted by Gasteiger charge is -2.32. The first-order chi connectivity index (χ1) is 5.26. The van der Waals surface area contributed by atoms with E-state index in [1.165, 1.54) is 0 Å². The number of nitrogens with zero attached hydrogens (tertiary/aromatic N) is 1. The Bertz CT molecular complexity index is 342. The standard InChI is InChI=1S/C8H5FN2/c9-8(5-10)6-3-1-2-4-7(6)11-8/h1-4,11H. The van der Waals surface area contributed by atoms with E-state index in [1.54, 1.807) is 30.3 Å². The van der Waals surface area contributed by atoms with Gasteiger partial charge in [-0.25, -0.2) is 0 Å². The Morgan fingerprint density at radius 1 is 1.45 bits per heavy atom. The molecule has 0 aliphatic carbocycles. The Morgan fingerprint density at radius 3 is 2.82 bits per heavy atom. The van der Waals surface area contributed by atoms with Gasteiger partial charge in [0.05, 0.1) is 0 Å². The maximum Gasteiger partial charge on any atom is 0.295 e. The Kier molecular flexibility index (Phi) is 0.970. The van der Waals surface area contributed by atoms with E-state index < -0.39 is 5.79 Å². The summed E-state index contributed by atoms with van der Waals surface area (Å²) in [7, 11) is 0. The predicted octanol–water partition coefficient (Wildman–Crippen LogP) is 1.76. The Labute approximate surface area is 63.3 Å². The molecule has 1 heterocycles. The molecule has 1 aliphatic rings. The van der Waals surface area contributed by atoms with E-state index in [0.717, 1.165) is 0 Å². The fraction of sp³-hybridized carbons (Fsp3) is 0.125. The molecule has 0 fully saturated rings. The maximum atomic E-state index is 13.2. The highest BCUT2D eigenvalue weighted by Gasteiger charge is 2.42. The van der Waals surface area contributed by atoms with Crippen LogP contribution in [0.25, 0.3) is 0 Å². The van der Waals surface area contributed by atoms with E-state index in [9.17, 15) is 4.39 Å². The first-order valence-corrected chi connectivity index (χ1v) is 3.24. The summed E-state index contributed by atoms with van der Waals surface area (Å²) in [6, 6.07) is 8.41. The molecular weight excluding hydrogens is 143 g/mol. The summed E-state index contributed by atoms with van der Waals surface area (Å²) in [6.45, 7) is 0. The number of rotatable bonds is 0. The second kappa shape index (κ2) is 1.73. The van der Waals surface area contributed by atoms with Gasteiger partial charge in [0.15, 0.2) is 0 Å². The average molecular weight is 148 g/mol. The molecule has 1 atom stereocenters. The van der Waals surface area contributed by atoms with Crippen molar-refractivity contribution < 1.29 is 4.39 Å². The summed E-state index contributed by atoms with van der Waals surface area (Å²) in [5.41, 5.74) is 1.14. The first kappa shape index (κ1) is 6.17. The van der Waals surface area contributed by atoms with Gasteiger partial charge in [-0.15, -0.1) is 0 Å². The van der Waals surface area contributed by atoms with Crippen molar-refractivity contribution in [1.82, 2.24) is 0 Å². The van der Waals surface area contributed by atoms with Crippen LogP contribution < -0.4 is 5.32 Å². The second-order valence-electron chi connectivity index (χ2n) is 2.44. The lowest BCUT2D eigenvalue weighted by Crippen LogP contribution is -2.38. The quantitative estimate of drug-likeness (QED) is 0.569. The number of halogens is 1. The van der Waals surface area contributed by atoms with Crippen molar-refractivity contribution in [1.29, 1.82) is 5.26 Å². The van der Waals surface area contributed by atoms with Gasteiger partial charge in [-0.05, 0) is 6.07 Å². The van der Waals surface area contributed by atoms with Crippen molar-refractivity contribution in [3.05, 3.63) is 29.8 Å². The van der Waals surface area contributed by atoms with Crippen LogP contribution in [0.15, 0.2) is 24.3 Å². The van der Waals surface area contributed by atoms with Gasteiger partial charge in [0.25, 0.3) is 5.79 Å². The molecule has 1 N–H and O–H groups in total. The topological polar surface area (TPSA) is 35.8 Å². The van der Waals surface area contributed by atoms with Gasteiger partial charge in [0.2, 0.25) is 0 Å². The Hall–Kier alpha value is -1.56. The van der Waals surface area contributed by atoms with Crippen molar-refractivity contribution in [2.24, 2.45) is 0 Å². The summed E-state index contributed by atoms with van der Waals surface area (Å²) in [5.74, 6) is -1.95. The minimum atomic E-state index is -1.95. The molecular formula is C8H5FN2. The summed E-state index contributed by atoms with van der Waals surface area (Å²) in [4.78, 5) is 0. The van der Waals surface area contributed by atoms with Crippen molar-refractivity contribution in [3.63, 3.8) is 0 Å². The van der Waals surface area contributed by atoms with Crippen molar-refractivity contribution in [2.75, 3.05) is 5.32 Å². The van der Waals surface area contributed by atoms with Crippen LogP contribution in [0, 0.1) is 11.3 Å². The molecule has 1 aromatic rings. The molecule has 1 unspecified atom stereocenters. The fourth-order valence-corrected chi connectivity index (χ4v) is 1.17. The number of fused-ring (bicyclic) bond motifs is 1. The van der Waals surface area contributed by atoms with Crippen LogP contribution in [0.2, 0.25) is 0 Å². The third-order valence-corrected chi connectivity index (χ3v) is 1.76. The highest BCUT2D eigenvalue weighted by atomic mass is 19.1. The van der Waals surface area contributed by atoms with Crippen LogP contribution in [0.3, 0.4) is 0 Å². The molecule has 3 heteroatoms. The third-order valence-electron chi connectivity index (χ3n) is 1.76. The second-order valence-corrected chi connectivity index (χ2v) is 2.44. The maximum absolute atomic E-state index is 13.2. The first-order valence-electron chi connectivity index (χ1n) is 3.24. The van der Waals surface area contributed by atoms with E-state index in [0.29, 0.717) is 11.3 Å².